The zero-order chi connectivity index (χ0) is 20.6. The molecular formula is C21H36N6OS. The highest BCUT2D eigenvalue weighted by molar-refractivity contribution is 7.11. The topological polar surface area (TPSA) is 72.9 Å². The monoisotopic (exact) mass is 420 g/mol. The summed E-state index contributed by atoms with van der Waals surface area (Å²) in [4.78, 5) is 27.6. The molecule has 1 aromatic rings. The fraction of sp³-hybridized carbons (Fsp3) is 0.762. The van der Waals surface area contributed by atoms with Crippen molar-refractivity contribution in [3.05, 3.63) is 15.6 Å². The predicted molar refractivity (Wildman–Crippen MR) is 119 cm³/mol. The molecule has 3 rings (SSSR count). The summed E-state index contributed by atoms with van der Waals surface area (Å²) in [5, 5.41) is 7.80. The number of nitrogens with zero attached hydrogens (tertiary/aromatic N) is 4. The molecule has 1 saturated carbocycles. The fourth-order valence-electron chi connectivity index (χ4n) is 4.05. The van der Waals surface area contributed by atoms with Crippen molar-refractivity contribution in [2.45, 2.75) is 53.0 Å². The van der Waals surface area contributed by atoms with E-state index in [9.17, 15) is 4.79 Å². The van der Waals surface area contributed by atoms with Gasteiger partial charge in [0.05, 0.1) is 12.2 Å². The van der Waals surface area contributed by atoms with Crippen molar-refractivity contribution in [1.29, 1.82) is 0 Å². The lowest BCUT2D eigenvalue weighted by molar-refractivity contribution is -0.137. The maximum atomic E-state index is 12.6. The Hall–Kier alpha value is -1.67. The summed E-state index contributed by atoms with van der Waals surface area (Å²) in [5.74, 6) is 1.54. The molecule has 2 N–H and O–H groups in total. The molecule has 2 heterocycles. The first-order chi connectivity index (χ1) is 14.1. The average molecular weight is 421 g/mol. The van der Waals surface area contributed by atoms with Crippen LogP contribution in [-0.4, -0.2) is 72.5 Å². The van der Waals surface area contributed by atoms with E-state index in [1.807, 2.05) is 6.92 Å². The third-order valence-corrected chi connectivity index (χ3v) is 6.96. The highest BCUT2D eigenvalue weighted by Crippen LogP contribution is 2.26. The molecule has 2 aliphatic rings. The van der Waals surface area contributed by atoms with Crippen LogP contribution < -0.4 is 10.6 Å². The van der Waals surface area contributed by atoms with Gasteiger partial charge in [0.1, 0.15) is 5.01 Å². The lowest BCUT2D eigenvalue weighted by atomic mass is 10.1. The van der Waals surface area contributed by atoms with Gasteiger partial charge < -0.3 is 15.5 Å². The van der Waals surface area contributed by atoms with Gasteiger partial charge >= 0.3 is 0 Å². The maximum absolute atomic E-state index is 12.6. The Balaban J connectivity index is 1.38. The van der Waals surface area contributed by atoms with Gasteiger partial charge in [0.25, 0.3) is 0 Å². The molecule has 0 radical (unpaired) electrons. The number of piperazine rings is 1. The van der Waals surface area contributed by atoms with Gasteiger partial charge in [0.15, 0.2) is 5.96 Å². The third-order valence-electron chi connectivity index (χ3n) is 5.90. The van der Waals surface area contributed by atoms with Gasteiger partial charge in [-0.2, -0.15) is 0 Å². The van der Waals surface area contributed by atoms with Crippen LogP contribution in [0.15, 0.2) is 4.99 Å². The molecule has 0 unspecified atom stereocenters. The second-order valence-electron chi connectivity index (χ2n) is 8.02. The zero-order valence-corrected chi connectivity index (χ0v) is 19.0. The van der Waals surface area contributed by atoms with Gasteiger partial charge in [-0.3, -0.25) is 9.69 Å². The second-order valence-corrected chi connectivity index (χ2v) is 9.31. The molecule has 0 aromatic carbocycles. The quantitative estimate of drug-likeness (QED) is 0.522. The summed E-state index contributed by atoms with van der Waals surface area (Å²) in [6.45, 7) is 13.1. The first-order valence-corrected chi connectivity index (χ1v) is 11.8. The Labute approximate surface area is 179 Å². The predicted octanol–water partition coefficient (Wildman–Crippen LogP) is 2.15. The first-order valence-electron chi connectivity index (χ1n) is 11.0. The standard InChI is InChI=1S/C21H36N6OS/c1-4-22-21(24-15-19-25-16(2)17(3)29-19)23-9-10-26-11-13-27(14-12-26)20(28)18-7-5-6-8-18/h18H,4-15H2,1-3H3,(H2,22,23,24). The molecule has 0 bridgehead atoms. The fourth-order valence-corrected chi connectivity index (χ4v) is 4.91. The van der Waals surface area contributed by atoms with Gasteiger partial charge in [-0.25, -0.2) is 9.98 Å². The van der Waals surface area contributed by atoms with Crippen molar-refractivity contribution < 1.29 is 4.79 Å². The minimum Gasteiger partial charge on any atom is -0.357 e. The molecule has 1 aromatic heterocycles. The number of carbonyl (C=O) groups excluding carboxylic acids is 1. The largest absolute Gasteiger partial charge is 0.357 e. The van der Waals surface area contributed by atoms with E-state index >= 15 is 0 Å². The van der Waals surface area contributed by atoms with Crippen LogP contribution >= 0.6 is 11.3 Å². The van der Waals surface area contributed by atoms with Gasteiger partial charge in [-0.15, -0.1) is 11.3 Å². The smallest absolute Gasteiger partial charge is 0.225 e. The molecule has 1 saturated heterocycles. The van der Waals surface area contributed by atoms with Gasteiger partial charge in [0, 0.05) is 56.6 Å². The van der Waals surface area contributed by atoms with Gasteiger partial charge in [-0.1, -0.05) is 12.8 Å². The third kappa shape index (κ3) is 6.40. The summed E-state index contributed by atoms with van der Waals surface area (Å²) in [6, 6.07) is 0. The number of thiazole rings is 1. The van der Waals surface area contributed by atoms with Crippen molar-refractivity contribution >= 4 is 23.2 Å². The normalized spacial score (nSPS) is 19.0. The number of hydrogen-bond acceptors (Lipinski definition) is 5. The van der Waals surface area contributed by atoms with Crippen LogP contribution in [0.25, 0.3) is 0 Å². The number of aromatic nitrogens is 1. The van der Waals surface area contributed by atoms with Crippen LogP contribution in [0, 0.1) is 19.8 Å². The minimum atomic E-state index is 0.299. The van der Waals surface area contributed by atoms with E-state index in [1.54, 1.807) is 11.3 Å². The minimum absolute atomic E-state index is 0.299. The number of guanidine groups is 1. The summed E-state index contributed by atoms with van der Waals surface area (Å²) in [5.41, 5.74) is 1.10. The van der Waals surface area contributed by atoms with Crippen molar-refractivity contribution in [1.82, 2.24) is 25.4 Å². The summed E-state index contributed by atoms with van der Waals surface area (Å²) < 4.78 is 0. The summed E-state index contributed by atoms with van der Waals surface area (Å²) in [7, 11) is 0. The molecule has 162 valence electrons. The molecule has 8 heteroatoms. The van der Waals surface area contributed by atoms with Crippen molar-refractivity contribution in [2.75, 3.05) is 45.8 Å². The molecule has 1 aliphatic heterocycles. The first kappa shape index (κ1) is 22.0. The van der Waals surface area contributed by atoms with E-state index in [0.717, 1.165) is 75.3 Å². The molecule has 2 fully saturated rings. The lowest BCUT2D eigenvalue weighted by Gasteiger charge is -2.36. The maximum Gasteiger partial charge on any atom is 0.225 e. The highest BCUT2D eigenvalue weighted by atomic mass is 32.1. The number of rotatable bonds is 7. The van der Waals surface area contributed by atoms with Crippen molar-refractivity contribution in [3.8, 4) is 0 Å². The van der Waals surface area contributed by atoms with Gasteiger partial charge in [-0.05, 0) is 33.6 Å². The van der Waals surface area contributed by atoms with Crippen LogP contribution in [0.4, 0.5) is 0 Å². The molecule has 0 spiro atoms. The summed E-state index contributed by atoms with van der Waals surface area (Å²) in [6.07, 6.45) is 4.63. The Morgan fingerprint density at radius 1 is 1.17 bits per heavy atom. The number of hydrogen-bond donors (Lipinski definition) is 2. The Bertz CT molecular complexity index is 670. The van der Waals surface area contributed by atoms with E-state index in [0.29, 0.717) is 18.4 Å². The van der Waals surface area contributed by atoms with Crippen LogP contribution in [0.1, 0.15) is 48.2 Å². The number of nitrogens with one attached hydrogen (secondary N) is 2. The number of carbonyl (C=O) groups is 1. The molecule has 7 nitrogen and oxygen atoms in total. The van der Waals surface area contributed by atoms with Crippen molar-refractivity contribution in [3.63, 3.8) is 0 Å². The zero-order valence-electron chi connectivity index (χ0n) is 18.2. The number of amides is 1. The molecule has 0 atom stereocenters. The second kappa shape index (κ2) is 10.9. The van der Waals surface area contributed by atoms with Crippen LogP contribution in [-0.2, 0) is 11.3 Å². The molecule has 29 heavy (non-hydrogen) atoms. The number of aryl methyl sites for hydroxylation is 2. The SMILES string of the molecule is CCNC(=NCc1nc(C)c(C)s1)NCCN1CCN(C(=O)C2CCCC2)CC1. The van der Waals surface area contributed by atoms with E-state index in [2.05, 4.69) is 44.3 Å². The lowest BCUT2D eigenvalue weighted by Crippen LogP contribution is -2.51. The van der Waals surface area contributed by atoms with Crippen LogP contribution in [0.2, 0.25) is 0 Å². The van der Waals surface area contributed by atoms with E-state index < -0.39 is 0 Å². The number of aliphatic imine (C=N–C) groups is 1. The molecular weight excluding hydrogens is 384 g/mol. The summed E-state index contributed by atoms with van der Waals surface area (Å²) >= 11 is 1.72. The van der Waals surface area contributed by atoms with E-state index in [-0.39, 0.29) is 0 Å². The van der Waals surface area contributed by atoms with Gasteiger partial charge in [0.2, 0.25) is 5.91 Å². The van der Waals surface area contributed by atoms with E-state index in [1.165, 1.54) is 17.7 Å². The molecule has 1 amide bonds. The Morgan fingerprint density at radius 3 is 2.52 bits per heavy atom. The molecule has 1 aliphatic carbocycles. The Morgan fingerprint density at radius 2 is 1.90 bits per heavy atom. The average Bonchev–Trinajstić information content (AvgIpc) is 3.36. The highest BCUT2D eigenvalue weighted by Gasteiger charge is 2.29. The van der Waals surface area contributed by atoms with Crippen LogP contribution in [0.5, 0.6) is 0 Å². The van der Waals surface area contributed by atoms with Crippen LogP contribution in [0.3, 0.4) is 0 Å². The van der Waals surface area contributed by atoms with Crippen molar-refractivity contribution in [2.24, 2.45) is 10.9 Å². The van der Waals surface area contributed by atoms with E-state index in [4.69, 9.17) is 0 Å². The Kier molecular flexibility index (Phi) is 8.29.